The summed E-state index contributed by atoms with van der Waals surface area (Å²) < 4.78 is 19.8. The molecule has 1 aliphatic heterocycles. The summed E-state index contributed by atoms with van der Waals surface area (Å²) in [4.78, 5) is 15.6. The van der Waals surface area contributed by atoms with Crippen molar-refractivity contribution in [3.05, 3.63) is 58.4 Å². The second-order valence-electron chi connectivity index (χ2n) is 6.76. The summed E-state index contributed by atoms with van der Waals surface area (Å²) in [5, 5.41) is 13.1. The number of carbonyl (C=O) groups excluding carboxylic acids is 1. The van der Waals surface area contributed by atoms with Crippen molar-refractivity contribution in [3.63, 3.8) is 0 Å². The molecule has 0 radical (unpaired) electrons. The largest absolute Gasteiger partial charge is 0.419 e. The lowest BCUT2D eigenvalue weighted by molar-refractivity contribution is -0.123. The van der Waals surface area contributed by atoms with Gasteiger partial charge in [0.1, 0.15) is 5.82 Å². The normalized spacial score (nSPS) is 17.5. The Morgan fingerprint density at radius 2 is 2.14 bits per heavy atom. The van der Waals surface area contributed by atoms with Gasteiger partial charge in [0.05, 0.1) is 24.7 Å². The minimum atomic E-state index is -0.397. The fraction of sp³-hybridized carbons (Fsp3) is 0.350. The quantitative estimate of drug-likeness (QED) is 0.682. The molecular weight excluding hydrogens is 379 g/mol. The maximum absolute atomic E-state index is 14.0. The molecule has 1 aromatic carbocycles. The van der Waals surface area contributed by atoms with Gasteiger partial charge in [-0.1, -0.05) is 24.6 Å². The molecular formula is C20H21FN4O2S. The highest BCUT2D eigenvalue weighted by molar-refractivity contribution is 7.09. The number of nitrogens with one attached hydrogen (secondary N) is 1. The molecule has 3 aromatic rings. The van der Waals surface area contributed by atoms with Crippen LogP contribution in [0, 0.1) is 5.82 Å². The Kier molecular flexibility index (Phi) is 5.78. The summed E-state index contributed by atoms with van der Waals surface area (Å²) in [5.41, 5.74) is 0.289. The van der Waals surface area contributed by atoms with Crippen molar-refractivity contribution in [1.82, 2.24) is 20.4 Å². The molecule has 0 aliphatic carbocycles. The third-order valence-electron chi connectivity index (χ3n) is 4.83. The number of hydrogen-bond donors (Lipinski definition) is 1. The molecule has 1 amide bonds. The molecule has 1 atom stereocenters. The highest BCUT2D eigenvalue weighted by Crippen LogP contribution is 2.32. The van der Waals surface area contributed by atoms with Gasteiger partial charge in [-0.2, -0.15) is 0 Å². The number of aromatic nitrogens is 2. The van der Waals surface area contributed by atoms with Gasteiger partial charge in [0.25, 0.3) is 5.89 Å². The van der Waals surface area contributed by atoms with Crippen molar-refractivity contribution in [3.8, 4) is 11.5 Å². The van der Waals surface area contributed by atoms with E-state index in [1.54, 1.807) is 29.5 Å². The first-order chi connectivity index (χ1) is 13.7. The van der Waals surface area contributed by atoms with Crippen LogP contribution in [0.1, 0.15) is 36.1 Å². The first-order valence-corrected chi connectivity index (χ1v) is 10.2. The number of nitrogens with zero attached hydrogens (tertiary/aromatic N) is 3. The van der Waals surface area contributed by atoms with Crippen molar-refractivity contribution in [2.24, 2.45) is 0 Å². The lowest BCUT2D eigenvalue weighted by atomic mass is 10.0. The van der Waals surface area contributed by atoms with Gasteiger partial charge in [-0.15, -0.1) is 21.5 Å². The fourth-order valence-electron chi connectivity index (χ4n) is 3.41. The van der Waals surface area contributed by atoms with Gasteiger partial charge in [0, 0.05) is 4.88 Å². The highest BCUT2D eigenvalue weighted by Gasteiger charge is 2.30. The number of amides is 1. The lowest BCUT2D eigenvalue weighted by Gasteiger charge is -2.32. The van der Waals surface area contributed by atoms with E-state index in [0.29, 0.717) is 12.4 Å². The average Bonchev–Trinajstić information content (AvgIpc) is 3.39. The van der Waals surface area contributed by atoms with Crippen LogP contribution >= 0.6 is 11.3 Å². The summed E-state index contributed by atoms with van der Waals surface area (Å²) in [7, 11) is 0. The molecule has 1 N–H and O–H groups in total. The van der Waals surface area contributed by atoms with E-state index in [1.807, 2.05) is 17.5 Å². The third-order valence-corrected chi connectivity index (χ3v) is 5.71. The van der Waals surface area contributed by atoms with Crippen molar-refractivity contribution < 1.29 is 13.6 Å². The number of thiophene rings is 1. The summed E-state index contributed by atoms with van der Waals surface area (Å²) in [6.45, 7) is 1.59. The fourth-order valence-corrected chi connectivity index (χ4v) is 4.06. The van der Waals surface area contributed by atoms with Crippen LogP contribution in [0.4, 0.5) is 4.39 Å². The summed E-state index contributed by atoms with van der Waals surface area (Å²) in [6, 6.07) is 10.2. The molecule has 146 valence electrons. The Morgan fingerprint density at radius 3 is 2.96 bits per heavy atom. The number of piperidine rings is 1. The van der Waals surface area contributed by atoms with Crippen molar-refractivity contribution in [2.75, 3.05) is 13.1 Å². The molecule has 6 nitrogen and oxygen atoms in total. The van der Waals surface area contributed by atoms with E-state index in [-0.39, 0.29) is 29.9 Å². The maximum atomic E-state index is 14.0. The second-order valence-corrected chi connectivity index (χ2v) is 7.80. The Morgan fingerprint density at radius 1 is 1.25 bits per heavy atom. The molecule has 28 heavy (non-hydrogen) atoms. The van der Waals surface area contributed by atoms with E-state index < -0.39 is 5.82 Å². The number of rotatable bonds is 6. The van der Waals surface area contributed by atoms with Crippen LogP contribution < -0.4 is 5.32 Å². The minimum Gasteiger partial charge on any atom is -0.419 e. The molecule has 0 saturated carbocycles. The molecule has 4 rings (SSSR count). The molecule has 1 saturated heterocycles. The SMILES string of the molecule is O=C(CN1CCCC[C@@H]1c1nnc(-c2ccccc2F)o1)NCc1cccs1. The maximum Gasteiger partial charge on any atom is 0.250 e. The standard InChI is InChI=1S/C20H21FN4O2S/c21-16-8-2-1-7-15(16)19-23-24-20(27-19)17-9-3-4-10-25(17)13-18(26)22-12-14-6-5-11-28-14/h1-2,5-8,11,17H,3-4,9-10,12-13H2,(H,22,26)/t17-/m1/s1. The van der Waals surface area contributed by atoms with Gasteiger partial charge in [0.2, 0.25) is 11.8 Å². The Hall–Kier alpha value is -2.58. The Bertz CT molecular complexity index is 928. The predicted molar refractivity (Wildman–Crippen MR) is 104 cm³/mol. The molecule has 0 bridgehead atoms. The van der Waals surface area contributed by atoms with E-state index in [9.17, 15) is 9.18 Å². The van der Waals surface area contributed by atoms with Gasteiger partial charge >= 0.3 is 0 Å². The molecule has 3 heterocycles. The predicted octanol–water partition coefficient (Wildman–Crippen LogP) is 3.78. The van der Waals surface area contributed by atoms with E-state index in [4.69, 9.17) is 4.42 Å². The van der Waals surface area contributed by atoms with Crippen LogP contribution in [0.3, 0.4) is 0 Å². The second kappa shape index (κ2) is 8.62. The van der Waals surface area contributed by atoms with Crippen LogP contribution in [0.2, 0.25) is 0 Å². The van der Waals surface area contributed by atoms with Crippen molar-refractivity contribution >= 4 is 17.2 Å². The first kappa shape index (κ1) is 18.8. The number of likely N-dealkylation sites (tertiary alicyclic amines) is 1. The summed E-state index contributed by atoms with van der Waals surface area (Å²) in [5.74, 6) is 0.171. The van der Waals surface area contributed by atoms with E-state index in [1.165, 1.54) is 6.07 Å². The van der Waals surface area contributed by atoms with Gasteiger partial charge in [-0.25, -0.2) is 4.39 Å². The lowest BCUT2D eigenvalue weighted by Crippen LogP contribution is -2.41. The van der Waals surface area contributed by atoms with Crippen molar-refractivity contribution in [2.45, 2.75) is 31.8 Å². The molecule has 8 heteroatoms. The first-order valence-electron chi connectivity index (χ1n) is 9.32. The molecule has 0 spiro atoms. The van der Waals surface area contributed by atoms with E-state index in [2.05, 4.69) is 20.4 Å². The smallest absolute Gasteiger partial charge is 0.250 e. The number of benzene rings is 1. The molecule has 1 fully saturated rings. The van der Waals surface area contributed by atoms with Crippen LogP contribution in [0.25, 0.3) is 11.5 Å². The van der Waals surface area contributed by atoms with Crippen LogP contribution in [0.5, 0.6) is 0 Å². The highest BCUT2D eigenvalue weighted by atomic mass is 32.1. The summed E-state index contributed by atoms with van der Waals surface area (Å²) in [6.07, 6.45) is 2.87. The zero-order chi connectivity index (χ0) is 19.3. The molecule has 1 aliphatic rings. The molecule has 0 unspecified atom stereocenters. The van der Waals surface area contributed by atoms with Gasteiger partial charge < -0.3 is 9.73 Å². The minimum absolute atomic E-state index is 0.0332. The van der Waals surface area contributed by atoms with Crippen LogP contribution in [-0.2, 0) is 11.3 Å². The monoisotopic (exact) mass is 400 g/mol. The number of halogens is 1. The van der Waals surface area contributed by atoms with Crippen LogP contribution in [0.15, 0.2) is 46.2 Å². The number of carbonyl (C=O) groups is 1. The van der Waals surface area contributed by atoms with E-state index >= 15 is 0 Å². The van der Waals surface area contributed by atoms with Crippen LogP contribution in [-0.4, -0.2) is 34.1 Å². The van der Waals surface area contributed by atoms with Gasteiger partial charge in [-0.05, 0) is 43.0 Å². The van der Waals surface area contributed by atoms with Gasteiger partial charge in [0.15, 0.2) is 0 Å². The summed E-state index contributed by atoms with van der Waals surface area (Å²) >= 11 is 1.62. The third kappa shape index (κ3) is 4.28. The van der Waals surface area contributed by atoms with E-state index in [0.717, 1.165) is 30.7 Å². The topological polar surface area (TPSA) is 71.3 Å². The zero-order valence-electron chi connectivity index (χ0n) is 15.3. The number of hydrogen-bond acceptors (Lipinski definition) is 6. The Balaban J connectivity index is 1.44. The molecule has 2 aromatic heterocycles. The zero-order valence-corrected chi connectivity index (χ0v) is 16.1. The Labute approximate surface area is 166 Å². The average molecular weight is 400 g/mol. The van der Waals surface area contributed by atoms with Gasteiger partial charge in [-0.3, -0.25) is 9.69 Å². The van der Waals surface area contributed by atoms with Crippen molar-refractivity contribution in [1.29, 1.82) is 0 Å².